The number of carbonyl (C=O) groups is 1. The predicted octanol–water partition coefficient (Wildman–Crippen LogP) is 2.33. The second-order valence-electron chi connectivity index (χ2n) is 6.37. The predicted molar refractivity (Wildman–Crippen MR) is 111 cm³/mol. The van der Waals surface area contributed by atoms with Gasteiger partial charge in [-0.15, -0.1) is 6.58 Å². The second-order valence-corrected chi connectivity index (χ2v) is 8.13. The molecule has 0 bridgehead atoms. The van der Waals surface area contributed by atoms with E-state index in [9.17, 15) is 13.2 Å². The van der Waals surface area contributed by atoms with Crippen LogP contribution in [0.25, 0.3) is 0 Å². The number of benzene rings is 2. The van der Waals surface area contributed by atoms with Crippen LogP contribution in [0, 0.1) is 0 Å². The van der Waals surface area contributed by atoms with Crippen LogP contribution < -0.4 is 10.0 Å². The van der Waals surface area contributed by atoms with E-state index >= 15 is 0 Å². The Bertz CT molecular complexity index is 1060. The highest BCUT2D eigenvalue weighted by Crippen LogP contribution is 2.11. The smallest absolute Gasteiger partial charge is 0.251 e. The van der Waals surface area contributed by atoms with E-state index in [0.717, 1.165) is 11.1 Å². The number of hydrogen-bond donors (Lipinski definition) is 2. The molecule has 2 aromatic carbocycles. The van der Waals surface area contributed by atoms with Gasteiger partial charge in [-0.1, -0.05) is 30.3 Å². The number of carbonyl (C=O) groups excluding carboxylic acids is 1. The monoisotopic (exact) mass is 410 g/mol. The van der Waals surface area contributed by atoms with Crippen molar-refractivity contribution in [2.45, 2.75) is 18.0 Å². The average molecular weight is 410 g/mol. The Kier molecular flexibility index (Phi) is 6.58. The van der Waals surface area contributed by atoms with E-state index in [2.05, 4.69) is 21.7 Å². The molecule has 1 heterocycles. The second kappa shape index (κ2) is 9.31. The van der Waals surface area contributed by atoms with E-state index in [4.69, 9.17) is 0 Å². The number of hydrogen-bond acceptors (Lipinski definition) is 4. The van der Waals surface area contributed by atoms with Gasteiger partial charge in [-0.25, -0.2) is 13.1 Å². The third-order valence-electron chi connectivity index (χ3n) is 4.22. The first-order valence-corrected chi connectivity index (χ1v) is 10.5. The molecule has 8 heteroatoms. The highest BCUT2D eigenvalue weighted by Gasteiger charge is 2.13. The number of amides is 1. The van der Waals surface area contributed by atoms with Crippen LogP contribution in [0.4, 0.5) is 0 Å². The average Bonchev–Trinajstić information content (AvgIpc) is 3.25. The molecule has 0 radical (unpaired) electrons. The van der Waals surface area contributed by atoms with Gasteiger partial charge in [-0.05, 0) is 41.5 Å². The Balaban J connectivity index is 1.55. The third kappa shape index (κ3) is 5.63. The molecule has 150 valence electrons. The van der Waals surface area contributed by atoms with Crippen LogP contribution in [-0.4, -0.2) is 30.7 Å². The fourth-order valence-corrected chi connectivity index (χ4v) is 3.66. The standard InChI is InChI=1S/C21H22N4O3S/c1-2-12-24-29(27,28)20-10-8-19(9-11-20)21(26)22-15-17-4-6-18(7-5-17)16-25-14-3-13-23-25/h2-11,13-14,24H,1,12,15-16H2,(H,22,26). The summed E-state index contributed by atoms with van der Waals surface area (Å²) in [5.74, 6) is -0.270. The van der Waals surface area contributed by atoms with Crippen molar-refractivity contribution in [1.29, 1.82) is 0 Å². The van der Waals surface area contributed by atoms with Gasteiger partial charge in [0, 0.05) is 31.0 Å². The molecule has 3 rings (SSSR count). The maximum Gasteiger partial charge on any atom is 0.251 e. The van der Waals surface area contributed by atoms with Gasteiger partial charge >= 0.3 is 0 Å². The van der Waals surface area contributed by atoms with Crippen LogP contribution in [-0.2, 0) is 23.1 Å². The van der Waals surface area contributed by atoms with Gasteiger partial charge in [0.05, 0.1) is 11.4 Å². The topological polar surface area (TPSA) is 93.1 Å². The largest absolute Gasteiger partial charge is 0.348 e. The quantitative estimate of drug-likeness (QED) is 0.530. The van der Waals surface area contributed by atoms with Gasteiger partial charge in [-0.3, -0.25) is 9.48 Å². The lowest BCUT2D eigenvalue weighted by molar-refractivity contribution is 0.0951. The molecule has 1 aromatic heterocycles. The summed E-state index contributed by atoms with van der Waals surface area (Å²) in [5, 5.41) is 7.01. The number of sulfonamides is 1. The molecule has 0 aliphatic rings. The summed E-state index contributed by atoms with van der Waals surface area (Å²) >= 11 is 0. The molecule has 0 spiro atoms. The molecule has 3 aromatic rings. The summed E-state index contributed by atoms with van der Waals surface area (Å²) in [6.07, 6.45) is 5.10. The Labute approximate surface area is 170 Å². The summed E-state index contributed by atoms with van der Waals surface area (Å²) in [7, 11) is -3.60. The van der Waals surface area contributed by atoms with Crippen molar-refractivity contribution >= 4 is 15.9 Å². The molecule has 0 aliphatic carbocycles. The van der Waals surface area contributed by atoms with Crippen LogP contribution in [0.15, 0.2) is 84.5 Å². The highest BCUT2D eigenvalue weighted by molar-refractivity contribution is 7.89. The lowest BCUT2D eigenvalue weighted by Crippen LogP contribution is -2.24. The molecule has 0 unspecified atom stereocenters. The van der Waals surface area contributed by atoms with E-state index in [1.54, 1.807) is 6.20 Å². The molecular formula is C21H22N4O3S. The number of aromatic nitrogens is 2. The Morgan fingerprint density at radius 2 is 1.76 bits per heavy atom. The first kappa shape index (κ1) is 20.5. The fraction of sp³-hybridized carbons (Fsp3) is 0.143. The zero-order valence-corrected chi connectivity index (χ0v) is 16.6. The number of nitrogens with zero attached hydrogens (tertiary/aromatic N) is 2. The molecule has 1 amide bonds. The lowest BCUT2D eigenvalue weighted by atomic mass is 10.1. The zero-order chi connectivity index (χ0) is 20.7. The molecule has 7 nitrogen and oxygen atoms in total. The van der Waals surface area contributed by atoms with E-state index in [0.29, 0.717) is 18.7 Å². The first-order valence-electron chi connectivity index (χ1n) is 9.02. The molecule has 0 saturated carbocycles. The highest BCUT2D eigenvalue weighted by atomic mass is 32.2. The van der Waals surface area contributed by atoms with Gasteiger partial charge in [0.1, 0.15) is 0 Å². The minimum Gasteiger partial charge on any atom is -0.348 e. The van der Waals surface area contributed by atoms with E-state index in [1.807, 2.05) is 41.2 Å². The van der Waals surface area contributed by atoms with Gasteiger partial charge in [-0.2, -0.15) is 5.10 Å². The van der Waals surface area contributed by atoms with E-state index < -0.39 is 10.0 Å². The molecular weight excluding hydrogens is 388 g/mol. The summed E-state index contributed by atoms with van der Waals surface area (Å²) in [6.45, 7) is 4.69. The zero-order valence-electron chi connectivity index (χ0n) is 15.8. The van der Waals surface area contributed by atoms with Crippen LogP contribution in [0.3, 0.4) is 0 Å². The van der Waals surface area contributed by atoms with E-state index in [1.165, 1.54) is 30.3 Å². The van der Waals surface area contributed by atoms with Crippen LogP contribution in [0.1, 0.15) is 21.5 Å². The van der Waals surface area contributed by atoms with Crippen LogP contribution in [0.5, 0.6) is 0 Å². The molecule has 29 heavy (non-hydrogen) atoms. The first-order chi connectivity index (χ1) is 14.0. The molecule has 2 N–H and O–H groups in total. The number of rotatable bonds is 9. The Morgan fingerprint density at radius 3 is 2.38 bits per heavy atom. The minimum absolute atomic E-state index is 0.101. The molecule has 0 fully saturated rings. The minimum atomic E-state index is -3.60. The molecule has 0 aliphatic heterocycles. The summed E-state index contributed by atoms with van der Waals surface area (Å²) in [5.41, 5.74) is 2.48. The van der Waals surface area contributed by atoms with Gasteiger partial charge in [0.15, 0.2) is 0 Å². The normalized spacial score (nSPS) is 11.2. The van der Waals surface area contributed by atoms with Crippen molar-refractivity contribution in [2.75, 3.05) is 6.54 Å². The molecule has 0 saturated heterocycles. The van der Waals surface area contributed by atoms with Crippen molar-refractivity contribution < 1.29 is 13.2 Å². The van der Waals surface area contributed by atoms with E-state index in [-0.39, 0.29) is 17.3 Å². The van der Waals surface area contributed by atoms with Crippen LogP contribution >= 0.6 is 0 Å². The number of nitrogens with one attached hydrogen (secondary N) is 2. The fourth-order valence-electron chi connectivity index (χ4n) is 2.67. The summed E-state index contributed by atoms with van der Waals surface area (Å²) < 4.78 is 28.3. The lowest BCUT2D eigenvalue weighted by Gasteiger charge is -2.08. The van der Waals surface area contributed by atoms with Crippen molar-refractivity contribution in [1.82, 2.24) is 19.8 Å². The van der Waals surface area contributed by atoms with Crippen molar-refractivity contribution in [3.05, 3.63) is 96.3 Å². The van der Waals surface area contributed by atoms with Crippen molar-refractivity contribution in [3.8, 4) is 0 Å². The maximum absolute atomic E-state index is 12.3. The Morgan fingerprint density at radius 1 is 1.07 bits per heavy atom. The summed E-state index contributed by atoms with van der Waals surface area (Å²) in [6, 6.07) is 15.6. The van der Waals surface area contributed by atoms with Crippen molar-refractivity contribution in [2.24, 2.45) is 0 Å². The SMILES string of the molecule is C=CCNS(=O)(=O)c1ccc(C(=O)NCc2ccc(Cn3cccn3)cc2)cc1. The van der Waals surface area contributed by atoms with Crippen molar-refractivity contribution in [3.63, 3.8) is 0 Å². The van der Waals surface area contributed by atoms with Crippen LogP contribution in [0.2, 0.25) is 0 Å². The third-order valence-corrected chi connectivity index (χ3v) is 5.66. The van der Waals surface area contributed by atoms with Gasteiger partial charge < -0.3 is 5.32 Å². The maximum atomic E-state index is 12.3. The van der Waals surface area contributed by atoms with Gasteiger partial charge in [0.2, 0.25) is 10.0 Å². The summed E-state index contributed by atoms with van der Waals surface area (Å²) in [4.78, 5) is 12.4. The Hall–Kier alpha value is -3.23. The molecule has 0 atom stereocenters. The van der Waals surface area contributed by atoms with Gasteiger partial charge in [0.25, 0.3) is 5.91 Å².